The Morgan fingerprint density at radius 3 is 2.89 bits per heavy atom. The SMILES string of the molecule is CCCc1[nH]nc(C(=O)NCC(O)COc2cccc(Cl)c2Cl)c1[N+](=O)[O-]. The molecule has 27 heavy (non-hydrogen) atoms. The summed E-state index contributed by atoms with van der Waals surface area (Å²) in [7, 11) is 0. The molecule has 0 saturated heterocycles. The van der Waals surface area contributed by atoms with Crippen LogP contribution in [0, 0.1) is 10.1 Å². The summed E-state index contributed by atoms with van der Waals surface area (Å²) >= 11 is 11.8. The summed E-state index contributed by atoms with van der Waals surface area (Å²) in [6.45, 7) is 1.50. The molecule has 11 heteroatoms. The van der Waals surface area contributed by atoms with E-state index in [1.807, 2.05) is 6.92 Å². The zero-order chi connectivity index (χ0) is 20.0. The van der Waals surface area contributed by atoms with Crippen LogP contribution in [-0.4, -0.2) is 45.4 Å². The number of ether oxygens (including phenoxy) is 1. The van der Waals surface area contributed by atoms with Crippen LogP contribution in [0.2, 0.25) is 10.0 Å². The van der Waals surface area contributed by atoms with Crippen molar-refractivity contribution in [2.24, 2.45) is 0 Å². The first-order valence-corrected chi connectivity index (χ1v) is 8.85. The maximum atomic E-state index is 12.2. The fourth-order valence-electron chi connectivity index (χ4n) is 2.29. The molecule has 3 N–H and O–H groups in total. The molecule has 1 heterocycles. The highest BCUT2D eigenvalue weighted by Gasteiger charge is 2.28. The van der Waals surface area contributed by atoms with E-state index in [4.69, 9.17) is 27.9 Å². The molecule has 1 aromatic heterocycles. The van der Waals surface area contributed by atoms with Crippen molar-refractivity contribution < 1.29 is 19.6 Å². The molecule has 1 aromatic carbocycles. The molecule has 0 spiro atoms. The lowest BCUT2D eigenvalue weighted by molar-refractivity contribution is -0.385. The summed E-state index contributed by atoms with van der Waals surface area (Å²) in [4.78, 5) is 22.7. The molecule has 2 aromatic rings. The minimum Gasteiger partial charge on any atom is -0.489 e. The summed E-state index contributed by atoms with van der Waals surface area (Å²) in [5.74, 6) is -0.471. The highest BCUT2D eigenvalue weighted by molar-refractivity contribution is 6.42. The van der Waals surface area contributed by atoms with Crippen molar-refractivity contribution in [3.05, 3.63) is 49.7 Å². The number of halogens is 2. The second-order valence-corrected chi connectivity index (χ2v) is 6.42. The Morgan fingerprint density at radius 1 is 1.48 bits per heavy atom. The lowest BCUT2D eigenvalue weighted by Crippen LogP contribution is -2.35. The van der Waals surface area contributed by atoms with Gasteiger partial charge in [-0.2, -0.15) is 5.10 Å². The highest BCUT2D eigenvalue weighted by Crippen LogP contribution is 2.31. The van der Waals surface area contributed by atoms with Gasteiger partial charge in [-0.25, -0.2) is 0 Å². The molecule has 1 unspecified atom stereocenters. The molecular weight excluding hydrogens is 399 g/mol. The molecule has 146 valence electrons. The molecule has 1 atom stereocenters. The molecule has 0 aliphatic rings. The van der Waals surface area contributed by atoms with Gasteiger partial charge in [-0.05, 0) is 18.6 Å². The molecule has 0 fully saturated rings. The van der Waals surface area contributed by atoms with Crippen LogP contribution in [0.25, 0.3) is 0 Å². The second kappa shape index (κ2) is 9.54. The number of carbonyl (C=O) groups excluding carboxylic acids is 1. The van der Waals surface area contributed by atoms with E-state index in [1.165, 1.54) is 0 Å². The quantitative estimate of drug-likeness (QED) is 0.425. The number of H-pyrrole nitrogens is 1. The van der Waals surface area contributed by atoms with Gasteiger partial charge in [-0.15, -0.1) is 0 Å². The molecule has 9 nitrogen and oxygen atoms in total. The monoisotopic (exact) mass is 416 g/mol. The van der Waals surface area contributed by atoms with Gasteiger partial charge in [0.15, 0.2) is 0 Å². The Balaban J connectivity index is 1.93. The predicted molar refractivity (Wildman–Crippen MR) is 99.5 cm³/mol. The molecule has 0 saturated carbocycles. The summed E-state index contributed by atoms with van der Waals surface area (Å²) in [6.07, 6.45) is -0.0169. The molecule has 2 rings (SSSR count). The van der Waals surface area contributed by atoms with E-state index in [-0.39, 0.29) is 35.2 Å². The number of aryl methyl sites for hydroxylation is 1. The summed E-state index contributed by atoms with van der Waals surface area (Å²) in [6, 6.07) is 4.82. The Hall–Kier alpha value is -2.36. The number of hydrogen-bond acceptors (Lipinski definition) is 6. The van der Waals surface area contributed by atoms with Gasteiger partial charge in [-0.3, -0.25) is 20.0 Å². The normalized spacial score (nSPS) is 11.9. The topological polar surface area (TPSA) is 130 Å². The number of aromatic nitrogens is 2. The Labute approximate surface area is 164 Å². The van der Waals surface area contributed by atoms with Gasteiger partial charge >= 0.3 is 5.69 Å². The number of aliphatic hydroxyl groups is 1. The number of nitro groups is 1. The molecule has 0 bridgehead atoms. The van der Waals surface area contributed by atoms with Crippen LogP contribution in [0.3, 0.4) is 0 Å². The number of nitrogens with zero attached hydrogens (tertiary/aromatic N) is 2. The third kappa shape index (κ3) is 5.31. The number of rotatable bonds is 9. The third-order valence-electron chi connectivity index (χ3n) is 3.56. The van der Waals surface area contributed by atoms with Crippen LogP contribution in [-0.2, 0) is 6.42 Å². The molecule has 0 aliphatic carbocycles. The van der Waals surface area contributed by atoms with Gasteiger partial charge in [0.05, 0.1) is 9.95 Å². The zero-order valence-corrected chi connectivity index (χ0v) is 15.9. The summed E-state index contributed by atoms with van der Waals surface area (Å²) in [5.41, 5.74) is -0.396. The van der Waals surface area contributed by atoms with E-state index in [0.29, 0.717) is 23.6 Å². The number of benzene rings is 1. The lowest BCUT2D eigenvalue weighted by atomic mass is 10.2. The number of carbonyl (C=O) groups is 1. The number of aromatic amines is 1. The first kappa shape index (κ1) is 20.9. The Kier molecular flexibility index (Phi) is 7.40. The van der Waals surface area contributed by atoms with E-state index < -0.39 is 16.9 Å². The minimum atomic E-state index is -1.07. The van der Waals surface area contributed by atoms with Gasteiger partial charge in [0.25, 0.3) is 5.91 Å². The van der Waals surface area contributed by atoms with Crippen molar-refractivity contribution in [1.82, 2.24) is 15.5 Å². The van der Waals surface area contributed by atoms with E-state index in [1.54, 1.807) is 18.2 Å². The van der Waals surface area contributed by atoms with Gasteiger partial charge in [0.1, 0.15) is 29.2 Å². The largest absolute Gasteiger partial charge is 0.489 e. The minimum absolute atomic E-state index is 0.163. The highest BCUT2D eigenvalue weighted by atomic mass is 35.5. The Morgan fingerprint density at radius 2 is 2.22 bits per heavy atom. The smallest absolute Gasteiger partial charge is 0.322 e. The Bertz CT molecular complexity index is 827. The van der Waals surface area contributed by atoms with Crippen molar-refractivity contribution in [3.8, 4) is 5.75 Å². The fraction of sp³-hybridized carbons (Fsp3) is 0.375. The van der Waals surface area contributed by atoms with Gasteiger partial charge < -0.3 is 15.2 Å². The predicted octanol–water partition coefficient (Wildman–Crippen LogP) is 2.75. The number of aliphatic hydroxyl groups excluding tert-OH is 1. The zero-order valence-electron chi connectivity index (χ0n) is 14.4. The molecule has 1 amide bonds. The van der Waals surface area contributed by atoms with Crippen molar-refractivity contribution in [2.75, 3.05) is 13.2 Å². The van der Waals surface area contributed by atoms with Crippen LogP contribution in [0.4, 0.5) is 5.69 Å². The average Bonchev–Trinajstić information content (AvgIpc) is 3.05. The number of amides is 1. The van der Waals surface area contributed by atoms with Crippen molar-refractivity contribution in [2.45, 2.75) is 25.9 Å². The van der Waals surface area contributed by atoms with Crippen molar-refractivity contribution in [3.63, 3.8) is 0 Å². The van der Waals surface area contributed by atoms with Crippen molar-refractivity contribution in [1.29, 1.82) is 0 Å². The van der Waals surface area contributed by atoms with Crippen LogP contribution in [0.15, 0.2) is 18.2 Å². The molecular formula is C16H18Cl2N4O5. The lowest BCUT2D eigenvalue weighted by Gasteiger charge is -2.14. The van der Waals surface area contributed by atoms with E-state index in [0.717, 1.165) is 0 Å². The molecule has 0 aliphatic heterocycles. The van der Waals surface area contributed by atoms with Gasteiger partial charge in [0.2, 0.25) is 5.69 Å². The van der Waals surface area contributed by atoms with Gasteiger partial charge in [-0.1, -0.05) is 42.6 Å². The van der Waals surface area contributed by atoms with Crippen LogP contribution >= 0.6 is 23.2 Å². The maximum absolute atomic E-state index is 12.2. The van der Waals surface area contributed by atoms with Gasteiger partial charge in [0, 0.05) is 6.54 Å². The second-order valence-electron chi connectivity index (χ2n) is 5.63. The third-order valence-corrected chi connectivity index (χ3v) is 4.36. The van der Waals surface area contributed by atoms with E-state index >= 15 is 0 Å². The van der Waals surface area contributed by atoms with Crippen LogP contribution in [0.1, 0.15) is 29.5 Å². The summed E-state index contributed by atoms with van der Waals surface area (Å²) in [5, 5.41) is 30.3. The van der Waals surface area contributed by atoms with Crippen molar-refractivity contribution >= 4 is 34.8 Å². The first-order valence-electron chi connectivity index (χ1n) is 8.09. The summed E-state index contributed by atoms with van der Waals surface area (Å²) < 4.78 is 5.37. The number of hydrogen-bond donors (Lipinski definition) is 3. The van der Waals surface area contributed by atoms with Crippen LogP contribution in [0.5, 0.6) is 5.75 Å². The fourth-order valence-corrected chi connectivity index (χ4v) is 2.63. The average molecular weight is 417 g/mol. The molecule has 0 radical (unpaired) electrons. The van der Waals surface area contributed by atoms with E-state index in [2.05, 4.69) is 15.5 Å². The van der Waals surface area contributed by atoms with Crippen LogP contribution < -0.4 is 10.1 Å². The first-order chi connectivity index (χ1) is 12.8. The standard InChI is InChI=1S/C16H18Cl2N4O5/c1-2-4-11-15(22(25)26)14(21-20-11)16(24)19-7-9(23)8-27-12-6-3-5-10(17)13(12)18/h3,5-6,9,23H,2,4,7-8H2,1H3,(H,19,24)(H,20,21). The number of nitrogens with one attached hydrogen (secondary N) is 2. The van der Waals surface area contributed by atoms with E-state index in [9.17, 15) is 20.0 Å². The maximum Gasteiger partial charge on any atom is 0.322 e.